The van der Waals surface area contributed by atoms with E-state index in [1.165, 1.54) is 23.4 Å². The van der Waals surface area contributed by atoms with E-state index in [4.69, 9.17) is 14.5 Å². The Balaban J connectivity index is 1.95. The number of rotatable bonds is 5. The van der Waals surface area contributed by atoms with Crippen molar-refractivity contribution in [2.45, 2.75) is 25.3 Å². The number of ether oxygens (including phenoxy) is 2. The fourth-order valence-electron chi connectivity index (χ4n) is 2.80. The predicted molar refractivity (Wildman–Crippen MR) is 84.6 cm³/mol. The van der Waals surface area contributed by atoms with Crippen molar-refractivity contribution in [1.29, 1.82) is 0 Å². The Bertz CT molecular complexity index is 618. The summed E-state index contributed by atoms with van der Waals surface area (Å²) in [5.74, 6) is 1.50. The number of methoxy groups -OCH3 is 2. The molecule has 1 N–H and O–H groups in total. The predicted octanol–water partition coefficient (Wildman–Crippen LogP) is 2.96. The molecule has 1 atom stereocenters. The van der Waals surface area contributed by atoms with Crippen molar-refractivity contribution in [3.63, 3.8) is 0 Å². The average Bonchev–Trinajstić information content (AvgIpc) is 3.09. The molecule has 2 aromatic rings. The van der Waals surface area contributed by atoms with E-state index < -0.39 is 0 Å². The van der Waals surface area contributed by atoms with Crippen LogP contribution < -0.4 is 14.8 Å². The van der Waals surface area contributed by atoms with Crippen LogP contribution in [0.25, 0.3) is 0 Å². The maximum absolute atomic E-state index is 5.40. The van der Waals surface area contributed by atoms with Gasteiger partial charge in [-0.1, -0.05) is 6.07 Å². The standard InChI is InChI=1S/C16H20N2O2S/c1-17-15(16-18-11-5-4-6-14(11)21-16)10-7-8-12(19-2)13(9-10)20-3/h7-9,15,17H,4-6H2,1-3H3. The Morgan fingerprint density at radius 3 is 2.67 bits per heavy atom. The van der Waals surface area contributed by atoms with Crippen LogP contribution in [0.1, 0.15) is 33.6 Å². The third-order valence-electron chi connectivity index (χ3n) is 3.89. The van der Waals surface area contributed by atoms with Gasteiger partial charge in [0.05, 0.1) is 26.0 Å². The molecule has 1 heterocycles. The highest BCUT2D eigenvalue weighted by Crippen LogP contribution is 2.36. The Labute approximate surface area is 129 Å². The van der Waals surface area contributed by atoms with Gasteiger partial charge in [0, 0.05) is 4.88 Å². The van der Waals surface area contributed by atoms with Crippen LogP contribution in [0.5, 0.6) is 11.5 Å². The summed E-state index contributed by atoms with van der Waals surface area (Å²) in [4.78, 5) is 6.27. The zero-order valence-corrected chi connectivity index (χ0v) is 13.4. The Kier molecular flexibility index (Phi) is 4.12. The number of thiazole rings is 1. The molecule has 0 aliphatic heterocycles. The van der Waals surface area contributed by atoms with Crippen LogP contribution in [0.2, 0.25) is 0 Å². The lowest BCUT2D eigenvalue weighted by Crippen LogP contribution is -2.17. The molecule has 1 aromatic carbocycles. The van der Waals surface area contributed by atoms with Gasteiger partial charge in [-0.2, -0.15) is 0 Å². The topological polar surface area (TPSA) is 43.4 Å². The molecule has 1 aliphatic carbocycles. The van der Waals surface area contributed by atoms with E-state index in [9.17, 15) is 0 Å². The summed E-state index contributed by atoms with van der Waals surface area (Å²) in [6.45, 7) is 0. The molecule has 0 radical (unpaired) electrons. The lowest BCUT2D eigenvalue weighted by molar-refractivity contribution is 0.354. The highest BCUT2D eigenvalue weighted by molar-refractivity contribution is 7.11. The summed E-state index contributed by atoms with van der Waals surface area (Å²) < 4.78 is 10.7. The number of aryl methyl sites for hydroxylation is 2. The normalized spacial score (nSPS) is 14.8. The Hall–Kier alpha value is -1.59. The Morgan fingerprint density at radius 1 is 1.19 bits per heavy atom. The number of nitrogens with zero attached hydrogens (tertiary/aromatic N) is 1. The van der Waals surface area contributed by atoms with E-state index in [1.807, 2.05) is 30.5 Å². The van der Waals surface area contributed by atoms with Gasteiger partial charge in [-0.3, -0.25) is 0 Å². The number of nitrogens with one attached hydrogen (secondary N) is 1. The minimum Gasteiger partial charge on any atom is -0.493 e. The van der Waals surface area contributed by atoms with Crippen LogP contribution in [-0.2, 0) is 12.8 Å². The second kappa shape index (κ2) is 6.03. The summed E-state index contributed by atoms with van der Waals surface area (Å²) in [6, 6.07) is 6.13. The molecular weight excluding hydrogens is 284 g/mol. The Morgan fingerprint density at radius 2 is 2.00 bits per heavy atom. The first-order valence-electron chi connectivity index (χ1n) is 7.14. The molecule has 112 valence electrons. The van der Waals surface area contributed by atoms with Gasteiger partial charge >= 0.3 is 0 Å². The monoisotopic (exact) mass is 304 g/mol. The fraction of sp³-hybridized carbons (Fsp3) is 0.438. The van der Waals surface area contributed by atoms with Gasteiger partial charge in [-0.15, -0.1) is 11.3 Å². The number of benzene rings is 1. The first kappa shape index (κ1) is 14.4. The molecule has 1 unspecified atom stereocenters. The van der Waals surface area contributed by atoms with Crippen LogP contribution in [0.15, 0.2) is 18.2 Å². The number of hydrogen-bond donors (Lipinski definition) is 1. The van der Waals surface area contributed by atoms with Crippen LogP contribution >= 0.6 is 11.3 Å². The summed E-state index contributed by atoms with van der Waals surface area (Å²) >= 11 is 1.83. The van der Waals surface area contributed by atoms with Crippen molar-refractivity contribution < 1.29 is 9.47 Å². The first-order valence-corrected chi connectivity index (χ1v) is 7.96. The number of hydrogen-bond acceptors (Lipinski definition) is 5. The maximum Gasteiger partial charge on any atom is 0.161 e. The molecule has 0 saturated carbocycles. The largest absolute Gasteiger partial charge is 0.493 e. The molecule has 0 bridgehead atoms. The van der Waals surface area contributed by atoms with E-state index in [2.05, 4.69) is 11.4 Å². The van der Waals surface area contributed by atoms with Gasteiger partial charge in [-0.25, -0.2) is 4.98 Å². The van der Waals surface area contributed by atoms with Crippen molar-refractivity contribution in [2.24, 2.45) is 0 Å². The second-order valence-corrected chi connectivity index (χ2v) is 6.23. The zero-order valence-electron chi connectivity index (χ0n) is 12.6. The summed E-state index contributed by atoms with van der Waals surface area (Å²) in [5.41, 5.74) is 2.43. The van der Waals surface area contributed by atoms with Crippen LogP contribution in [0.3, 0.4) is 0 Å². The van der Waals surface area contributed by atoms with E-state index in [-0.39, 0.29) is 6.04 Å². The number of aromatic nitrogens is 1. The summed E-state index contributed by atoms with van der Waals surface area (Å²) in [6.07, 6.45) is 3.54. The van der Waals surface area contributed by atoms with Gasteiger partial charge in [0.15, 0.2) is 11.5 Å². The quantitative estimate of drug-likeness (QED) is 0.922. The first-order chi connectivity index (χ1) is 10.3. The van der Waals surface area contributed by atoms with E-state index in [0.29, 0.717) is 0 Å². The third-order valence-corrected chi connectivity index (χ3v) is 5.11. The molecule has 1 aromatic heterocycles. The van der Waals surface area contributed by atoms with E-state index >= 15 is 0 Å². The van der Waals surface area contributed by atoms with E-state index in [1.54, 1.807) is 14.2 Å². The molecule has 3 rings (SSSR count). The van der Waals surface area contributed by atoms with Gasteiger partial charge in [0.1, 0.15) is 5.01 Å². The molecule has 1 aliphatic rings. The zero-order chi connectivity index (χ0) is 14.8. The molecule has 0 amide bonds. The molecule has 0 saturated heterocycles. The maximum atomic E-state index is 5.40. The van der Waals surface area contributed by atoms with Crippen molar-refractivity contribution in [1.82, 2.24) is 10.3 Å². The van der Waals surface area contributed by atoms with Crippen molar-refractivity contribution in [2.75, 3.05) is 21.3 Å². The van der Waals surface area contributed by atoms with Crippen molar-refractivity contribution in [3.8, 4) is 11.5 Å². The average molecular weight is 304 g/mol. The van der Waals surface area contributed by atoms with Gasteiger partial charge in [0.25, 0.3) is 0 Å². The molecule has 21 heavy (non-hydrogen) atoms. The van der Waals surface area contributed by atoms with Crippen LogP contribution in [-0.4, -0.2) is 26.3 Å². The van der Waals surface area contributed by atoms with Crippen molar-refractivity contribution in [3.05, 3.63) is 39.3 Å². The summed E-state index contributed by atoms with van der Waals surface area (Å²) in [7, 11) is 5.28. The lowest BCUT2D eigenvalue weighted by Gasteiger charge is -2.16. The SMILES string of the molecule is CNC(c1ccc(OC)c(OC)c1)c1nc2c(s1)CCC2. The minimum atomic E-state index is 0.0976. The van der Waals surface area contributed by atoms with Crippen molar-refractivity contribution >= 4 is 11.3 Å². The van der Waals surface area contributed by atoms with Gasteiger partial charge in [0.2, 0.25) is 0 Å². The molecule has 0 spiro atoms. The van der Waals surface area contributed by atoms with E-state index in [0.717, 1.165) is 28.5 Å². The number of fused-ring (bicyclic) bond motifs is 1. The van der Waals surface area contributed by atoms with Crippen LogP contribution in [0, 0.1) is 0 Å². The molecular formula is C16H20N2O2S. The summed E-state index contributed by atoms with van der Waals surface area (Å²) in [5, 5.41) is 4.50. The minimum absolute atomic E-state index is 0.0976. The molecule has 5 heteroatoms. The van der Waals surface area contributed by atoms with Gasteiger partial charge < -0.3 is 14.8 Å². The second-order valence-electron chi connectivity index (χ2n) is 5.11. The smallest absolute Gasteiger partial charge is 0.161 e. The van der Waals surface area contributed by atoms with Crippen LogP contribution in [0.4, 0.5) is 0 Å². The highest BCUT2D eigenvalue weighted by Gasteiger charge is 2.23. The third kappa shape index (κ3) is 2.63. The van der Waals surface area contributed by atoms with Gasteiger partial charge in [-0.05, 0) is 44.0 Å². The molecule has 4 nitrogen and oxygen atoms in total. The fourth-order valence-corrected chi connectivity index (χ4v) is 4.09. The highest BCUT2D eigenvalue weighted by atomic mass is 32.1. The molecule has 0 fully saturated rings. The lowest BCUT2D eigenvalue weighted by atomic mass is 10.1.